The first-order chi connectivity index (χ1) is 8.65. The van der Waals surface area contributed by atoms with E-state index < -0.39 is 6.10 Å². The molecular formula is C15H14ClFO. The molecule has 0 radical (unpaired) electrons. The van der Waals surface area contributed by atoms with Crippen LogP contribution in [-0.2, 0) is 12.8 Å². The molecule has 1 atom stereocenters. The molecule has 0 saturated heterocycles. The molecule has 2 aromatic rings. The van der Waals surface area contributed by atoms with Crippen LogP contribution in [0.4, 0.5) is 4.39 Å². The second-order valence-electron chi connectivity index (χ2n) is 4.28. The molecule has 0 amide bonds. The maximum absolute atomic E-state index is 13.1. The van der Waals surface area contributed by atoms with Crippen molar-refractivity contribution in [1.29, 1.82) is 0 Å². The maximum atomic E-state index is 13.1. The standard InChI is InChI=1S/C15H14ClFO/c16-15-7-6-13(17)9-12(15)10-14(18)8-11-4-2-1-3-5-11/h1-7,9,14,18H,8,10H2. The Hall–Kier alpha value is -1.38. The summed E-state index contributed by atoms with van der Waals surface area (Å²) in [6.45, 7) is 0. The molecule has 0 bridgehead atoms. The highest BCUT2D eigenvalue weighted by Gasteiger charge is 2.10. The van der Waals surface area contributed by atoms with Gasteiger partial charge in [-0.15, -0.1) is 0 Å². The monoisotopic (exact) mass is 264 g/mol. The summed E-state index contributed by atoms with van der Waals surface area (Å²) in [5, 5.41) is 10.5. The first-order valence-electron chi connectivity index (χ1n) is 5.81. The van der Waals surface area contributed by atoms with E-state index in [0.29, 0.717) is 23.4 Å². The van der Waals surface area contributed by atoms with Crippen molar-refractivity contribution in [2.75, 3.05) is 0 Å². The van der Waals surface area contributed by atoms with Crippen molar-refractivity contribution in [3.05, 3.63) is 70.5 Å². The highest BCUT2D eigenvalue weighted by Crippen LogP contribution is 2.19. The third-order valence-corrected chi connectivity index (χ3v) is 3.15. The smallest absolute Gasteiger partial charge is 0.123 e. The number of aliphatic hydroxyl groups excluding tert-OH is 1. The first kappa shape index (κ1) is 13.1. The molecule has 0 saturated carbocycles. The molecule has 2 rings (SSSR count). The van der Waals surface area contributed by atoms with Gasteiger partial charge in [-0.2, -0.15) is 0 Å². The zero-order valence-corrected chi connectivity index (χ0v) is 10.6. The minimum absolute atomic E-state index is 0.332. The molecule has 0 spiro atoms. The Balaban J connectivity index is 2.03. The summed E-state index contributed by atoms with van der Waals surface area (Å²) in [5.74, 6) is -0.332. The van der Waals surface area contributed by atoms with Gasteiger partial charge >= 0.3 is 0 Å². The van der Waals surface area contributed by atoms with E-state index in [-0.39, 0.29) is 5.82 Å². The molecule has 3 heteroatoms. The predicted molar refractivity (Wildman–Crippen MR) is 71.3 cm³/mol. The van der Waals surface area contributed by atoms with Gasteiger partial charge in [-0.25, -0.2) is 4.39 Å². The molecule has 0 aliphatic heterocycles. The van der Waals surface area contributed by atoms with E-state index in [0.717, 1.165) is 5.56 Å². The molecular weight excluding hydrogens is 251 g/mol. The topological polar surface area (TPSA) is 20.2 Å². The average Bonchev–Trinajstić information content (AvgIpc) is 2.35. The van der Waals surface area contributed by atoms with E-state index >= 15 is 0 Å². The summed E-state index contributed by atoms with van der Waals surface area (Å²) in [7, 11) is 0. The van der Waals surface area contributed by atoms with E-state index in [9.17, 15) is 9.50 Å². The highest BCUT2D eigenvalue weighted by atomic mass is 35.5. The molecule has 2 aromatic carbocycles. The van der Waals surface area contributed by atoms with Gasteiger partial charge in [0.2, 0.25) is 0 Å². The van der Waals surface area contributed by atoms with Crippen molar-refractivity contribution >= 4 is 11.6 Å². The lowest BCUT2D eigenvalue weighted by Gasteiger charge is -2.12. The van der Waals surface area contributed by atoms with Crippen molar-refractivity contribution in [3.63, 3.8) is 0 Å². The zero-order chi connectivity index (χ0) is 13.0. The van der Waals surface area contributed by atoms with Crippen LogP contribution in [0.25, 0.3) is 0 Å². The van der Waals surface area contributed by atoms with E-state index in [4.69, 9.17) is 11.6 Å². The molecule has 0 heterocycles. The zero-order valence-electron chi connectivity index (χ0n) is 9.81. The van der Waals surface area contributed by atoms with Crippen LogP contribution in [0.15, 0.2) is 48.5 Å². The molecule has 0 aromatic heterocycles. The van der Waals surface area contributed by atoms with Crippen LogP contribution in [0.2, 0.25) is 5.02 Å². The minimum atomic E-state index is -0.563. The normalized spacial score (nSPS) is 12.4. The Bertz CT molecular complexity index is 513. The number of hydrogen-bond acceptors (Lipinski definition) is 1. The van der Waals surface area contributed by atoms with Gasteiger partial charge in [-0.1, -0.05) is 41.9 Å². The van der Waals surface area contributed by atoms with Gasteiger partial charge < -0.3 is 5.11 Å². The van der Waals surface area contributed by atoms with E-state index in [1.807, 2.05) is 30.3 Å². The van der Waals surface area contributed by atoms with Crippen molar-refractivity contribution < 1.29 is 9.50 Å². The lowest BCUT2D eigenvalue weighted by Crippen LogP contribution is -2.14. The molecule has 0 aliphatic rings. The van der Waals surface area contributed by atoms with Crippen LogP contribution < -0.4 is 0 Å². The fourth-order valence-electron chi connectivity index (χ4n) is 1.91. The van der Waals surface area contributed by atoms with Gasteiger partial charge in [0.25, 0.3) is 0 Å². The van der Waals surface area contributed by atoms with Gasteiger partial charge in [0.15, 0.2) is 0 Å². The van der Waals surface area contributed by atoms with Crippen LogP contribution in [0.1, 0.15) is 11.1 Å². The van der Waals surface area contributed by atoms with Crippen LogP contribution in [0.3, 0.4) is 0 Å². The Morgan fingerprint density at radius 3 is 2.50 bits per heavy atom. The largest absolute Gasteiger partial charge is 0.392 e. The molecule has 18 heavy (non-hydrogen) atoms. The summed E-state index contributed by atoms with van der Waals surface area (Å²) >= 11 is 5.97. The Morgan fingerprint density at radius 2 is 1.78 bits per heavy atom. The highest BCUT2D eigenvalue weighted by molar-refractivity contribution is 6.31. The Morgan fingerprint density at radius 1 is 1.06 bits per heavy atom. The molecule has 0 aliphatic carbocycles. The lowest BCUT2D eigenvalue weighted by atomic mass is 10.0. The third-order valence-electron chi connectivity index (χ3n) is 2.78. The lowest BCUT2D eigenvalue weighted by molar-refractivity contribution is 0.175. The molecule has 1 unspecified atom stereocenters. The van der Waals surface area contributed by atoms with Crippen molar-refractivity contribution in [1.82, 2.24) is 0 Å². The fourth-order valence-corrected chi connectivity index (χ4v) is 2.11. The molecule has 0 fully saturated rings. The first-order valence-corrected chi connectivity index (χ1v) is 6.19. The fraction of sp³-hybridized carbons (Fsp3) is 0.200. The maximum Gasteiger partial charge on any atom is 0.123 e. The second-order valence-corrected chi connectivity index (χ2v) is 4.69. The van der Waals surface area contributed by atoms with Crippen LogP contribution in [0, 0.1) is 5.82 Å². The van der Waals surface area contributed by atoms with Gasteiger partial charge in [-0.3, -0.25) is 0 Å². The average molecular weight is 265 g/mol. The molecule has 1 N–H and O–H groups in total. The predicted octanol–water partition coefficient (Wildman–Crippen LogP) is 3.63. The van der Waals surface area contributed by atoms with Crippen LogP contribution in [0.5, 0.6) is 0 Å². The van der Waals surface area contributed by atoms with Gasteiger partial charge in [0.05, 0.1) is 6.10 Å². The third kappa shape index (κ3) is 3.56. The quantitative estimate of drug-likeness (QED) is 0.894. The Kier molecular flexibility index (Phi) is 4.34. The van der Waals surface area contributed by atoms with E-state index in [1.165, 1.54) is 18.2 Å². The summed E-state index contributed by atoms with van der Waals surface area (Å²) in [6, 6.07) is 13.9. The van der Waals surface area contributed by atoms with E-state index in [2.05, 4.69) is 0 Å². The van der Waals surface area contributed by atoms with Crippen molar-refractivity contribution in [2.45, 2.75) is 18.9 Å². The Labute approximate surface area is 111 Å². The number of rotatable bonds is 4. The number of hydrogen-bond donors (Lipinski definition) is 1. The van der Waals surface area contributed by atoms with E-state index in [1.54, 1.807) is 0 Å². The number of benzene rings is 2. The summed E-state index contributed by atoms with van der Waals surface area (Å²) in [6.07, 6.45) is 0.325. The number of halogens is 2. The van der Waals surface area contributed by atoms with Gasteiger partial charge in [-0.05, 0) is 35.7 Å². The van der Waals surface area contributed by atoms with Crippen LogP contribution >= 0.6 is 11.6 Å². The summed E-state index contributed by atoms with van der Waals surface area (Å²) in [5.41, 5.74) is 1.69. The summed E-state index contributed by atoms with van der Waals surface area (Å²) in [4.78, 5) is 0. The van der Waals surface area contributed by atoms with Crippen molar-refractivity contribution in [3.8, 4) is 0 Å². The molecule has 94 valence electrons. The van der Waals surface area contributed by atoms with Gasteiger partial charge in [0, 0.05) is 11.4 Å². The van der Waals surface area contributed by atoms with Crippen molar-refractivity contribution in [2.24, 2.45) is 0 Å². The minimum Gasteiger partial charge on any atom is -0.392 e. The summed E-state index contributed by atoms with van der Waals surface area (Å²) < 4.78 is 13.1. The molecule has 1 nitrogen and oxygen atoms in total. The second kappa shape index (κ2) is 5.98. The number of aliphatic hydroxyl groups is 1. The van der Waals surface area contributed by atoms with Gasteiger partial charge in [0.1, 0.15) is 5.82 Å². The van der Waals surface area contributed by atoms with Crippen LogP contribution in [-0.4, -0.2) is 11.2 Å². The SMILES string of the molecule is OC(Cc1ccccc1)Cc1cc(F)ccc1Cl.